The molecule has 1 aliphatic carbocycles. The van der Waals surface area contributed by atoms with Crippen LogP contribution in [0.5, 0.6) is 0 Å². The van der Waals surface area contributed by atoms with Gasteiger partial charge in [-0.25, -0.2) is 9.48 Å². The third-order valence-corrected chi connectivity index (χ3v) is 5.05. The van der Waals surface area contributed by atoms with Gasteiger partial charge in [-0.1, -0.05) is 50.8 Å². The van der Waals surface area contributed by atoms with Gasteiger partial charge in [0.1, 0.15) is 0 Å². The maximum absolute atomic E-state index is 12.6. The van der Waals surface area contributed by atoms with Crippen molar-refractivity contribution in [3.05, 3.63) is 40.3 Å². The number of ether oxygens (including phenoxy) is 1. The van der Waals surface area contributed by atoms with Gasteiger partial charge in [0, 0.05) is 18.0 Å². The average Bonchev–Trinajstić information content (AvgIpc) is 2.97. The standard InChI is InChI=1S/C21H27N3O4/c1-2-13-24-20(26)17-12-8-7-11-16(17)19(23-24)21(27)28-14-18(25)22-15-9-5-3-4-6-10-15/h7-8,11-12,15H,2-6,9-10,13-14H2,1H3,(H,22,25). The van der Waals surface area contributed by atoms with Crippen LogP contribution < -0.4 is 10.9 Å². The fraction of sp³-hybridized carbons (Fsp3) is 0.524. The van der Waals surface area contributed by atoms with Gasteiger partial charge >= 0.3 is 5.97 Å². The zero-order valence-corrected chi connectivity index (χ0v) is 16.3. The molecule has 1 aromatic carbocycles. The fourth-order valence-corrected chi connectivity index (χ4v) is 3.64. The van der Waals surface area contributed by atoms with Crippen molar-refractivity contribution in [1.29, 1.82) is 0 Å². The molecule has 7 heteroatoms. The number of hydrogen-bond acceptors (Lipinski definition) is 5. The Morgan fingerprint density at radius 3 is 2.50 bits per heavy atom. The molecule has 0 spiro atoms. The molecule has 28 heavy (non-hydrogen) atoms. The monoisotopic (exact) mass is 385 g/mol. The Morgan fingerprint density at radius 1 is 1.14 bits per heavy atom. The maximum Gasteiger partial charge on any atom is 0.359 e. The van der Waals surface area contributed by atoms with E-state index in [9.17, 15) is 14.4 Å². The number of aryl methyl sites for hydroxylation is 1. The summed E-state index contributed by atoms with van der Waals surface area (Å²) >= 11 is 0. The number of aromatic nitrogens is 2. The van der Waals surface area contributed by atoms with Gasteiger partial charge in [-0.3, -0.25) is 9.59 Å². The molecule has 0 radical (unpaired) electrons. The van der Waals surface area contributed by atoms with Crippen molar-refractivity contribution >= 4 is 22.6 Å². The van der Waals surface area contributed by atoms with Gasteiger partial charge in [-0.15, -0.1) is 0 Å². The van der Waals surface area contributed by atoms with Crippen molar-refractivity contribution in [2.45, 2.75) is 64.5 Å². The summed E-state index contributed by atoms with van der Waals surface area (Å²) in [6.07, 6.45) is 7.27. The lowest BCUT2D eigenvalue weighted by atomic mass is 10.1. The topological polar surface area (TPSA) is 90.3 Å². The van der Waals surface area contributed by atoms with Crippen LogP contribution in [0, 0.1) is 0 Å². The highest BCUT2D eigenvalue weighted by atomic mass is 16.5. The van der Waals surface area contributed by atoms with Crippen molar-refractivity contribution in [3.63, 3.8) is 0 Å². The smallest absolute Gasteiger partial charge is 0.359 e. The number of nitrogens with zero attached hydrogens (tertiary/aromatic N) is 2. The van der Waals surface area contributed by atoms with Gasteiger partial charge < -0.3 is 10.1 Å². The molecule has 1 fully saturated rings. The quantitative estimate of drug-likeness (QED) is 0.610. The van der Waals surface area contributed by atoms with E-state index in [-0.39, 0.29) is 29.8 Å². The number of esters is 1. The van der Waals surface area contributed by atoms with Crippen molar-refractivity contribution in [3.8, 4) is 0 Å². The molecule has 0 aliphatic heterocycles. The van der Waals surface area contributed by atoms with E-state index in [0.717, 1.165) is 25.7 Å². The first-order valence-corrected chi connectivity index (χ1v) is 10.1. The minimum Gasteiger partial charge on any atom is -0.451 e. The molecule has 3 rings (SSSR count). The largest absolute Gasteiger partial charge is 0.451 e. The summed E-state index contributed by atoms with van der Waals surface area (Å²) < 4.78 is 6.50. The summed E-state index contributed by atoms with van der Waals surface area (Å²) in [6.45, 7) is 1.99. The van der Waals surface area contributed by atoms with Gasteiger partial charge in [0.25, 0.3) is 11.5 Å². The molecular weight excluding hydrogens is 358 g/mol. The summed E-state index contributed by atoms with van der Waals surface area (Å²) in [5.41, 5.74) is -0.175. The van der Waals surface area contributed by atoms with E-state index in [1.807, 2.05) is 6.92 Å². The van der Waals surface area contributed by atoms with Crippen LogP contribution in [-0.4, -0.2) is 34.3 Å². The zero-order chi connectivity index (χ0) is 19.9. The lowest BCUT2D eigenvalue weighted by Crippen LogP contribution is -2.37. The third-order valence-electron chi connectivity index (χ3n) is 5.05. The van der Waals surface area contributed by atoms with Crippen molar-refractivity contribution in [2.75, 3.05) is 6.61 Å². The lowest BCUT2D eigenvalue weighted by Gasteiger charge is -2.16. The van der Waals surface area contributed by atoms with Crippen LogP contribution >= 0.6 is 0 Å². The lowest BCUT2D eigenvalue weighted by molar-refractivity contribution is -0.125. The Bertz CT molecular complexity index is 898. The first-order chi connectivity index (χ1) is 13.6. The molecule has 1 N–H and O–H groups in total. The van der Waals surface area contributed by atoms with Crippen LogP contribution in [0.15, 0.2) is 29.1 Å². The number of carbonyl (C=O) groups excluding carboxylic acids is 2. The number of fused-ring (bicyclic) bond motifs is 1. The summed E-state index contributed by atoms with van der Waals surface area (Å²) in [7, 11) is 0. The van der Waals surface area contributed by atoms with Crippen molar-refractivity contribution in [1.82, 2.24) is 15.1 Å². The van der Waals surface area contributed by atoms with E-state index in [4.69, 9.17) is 4.74 Å². The molecule has 7 nitrogen and oxygen atoms in total. The molecular formula is C21H27N3O4. The van der Waals surface area contributed by atoms with E-state index in [1.165, 1.54) is 17.5 Å². The Balaban J connectivity index is 1.71. The molecule has 1 amide bonds. The van der Waals surface area contributed by atoms with Gasteiger partial charge in [-0.05, 0) is 25.3 Å². The maximum atomic E-state index is 12.6. The molecule has 1 aromatic heterocycles. The molecule has 0 atom stereocenters. The van der Waals surface area contributed by atoms with E-state index in [2.05, 4.69) is 10.4 Å². The second-order valence-electron chi connectivity index (χ2n) is 7.25. The van der Waals surface area contributed by atoms with Crippen molar-refractivity contribution in [2.24, 2.45) is 0 Å². The number of rotatable bonds is 6. The van der Waals surface area contributed by atoms with Crippen LogP contribution in [0.3, 0.4) is 0 Å². The first kappa shape index (κ1) is 20.0. The minimum atomic E-state index is -0.697. The third kappa shape index (κ3) is 4.77. The average molecular weight is 385 g/mol. The molecule has 2 aromatic rings. The van der Waals surface area contributed by atoms with Crippen LogP contribution in [0.25, 0.3) is 10.8 Å². The SMILES string of the molecule is CCCn1nc(C(=O)OCC(=O)NC2CCCCCC2)c2ccccc2c1=O. The highest BCUT2D eigenvalue weighted by molar-refractivity contribution is 6.02. The zero-order valence-electron chi connectivity index (χ0n) is 16.3. The molecule has 1 saturated carbocycles. The van der Waals surface area contributed by atoms with E-state index < -0.39 is 5.97 Å². The molecule has 0 unspecified atom stereocenters. The molecule has 0 saturated heterocycles. The Kier molecular flexibility index (Phi) is 6.79. The summed E-state index contributed by atoms with van der Waals surface area (Å²) in [5.74, 6) is -0.997. The van der Waals surface area contributed by atoms with Crippen LogP contribution in [0.4, 0.5) is 0 Å². The minimum absolute atomic E-state index is 0.0610. The van der Waals surface area contributed by atoms with Gasteiger partial charge in [-0.2, -0.15) is 5.10 Å². The predicted octanol–water partition coefficient (Wildman–Crippen LogP) is 2.80. The van der Waals surface area contributed by atoms with Crippen LogP contribution in [-0.2, 0) is 16.1 Å². The van der Waals surface area contributed by atoms with Crippen molar-refractivity contribution < 1.29 is 14.3 Å². The van der Waals surface area contributed by atoms with E-state index in [1.54, 1.807) is 24.3 Å². The summed E-state index contributed by atoms with van der Waals surface area (Å²) in [6, 6.07) is 6.97. The second-order valence-corrected chi connectivity index (χ2v) is 7.25. The molecule has 150 valence electrons. The number of amides is 1. The number of benzene rings is 1. The molecule has 0 bridgehead atoms. The highest BCUT2D eigenvalue weighted by Crippen LogP contribution is 2.17. The Morgan fingerprint density at radius 2 is 1.82 bits per heavy atom. The summed E-state index contributed by atoms with van der Waals surface area (Å²) in [4.78, 5) is 37.3. The number of hydrogen-bond donors (Lipinski definition) is 1. The fourth-order valence-electron chi connectivity index (χ4n) is 3.64. The normalized spacial score (nSPS) is 15.2. The molecule has 1 heterocycles. The Labute approximate surface area is 164 Å². The van der Waals surface area contributed by atoms with Crippen LogP contribution in [0.1, 0.15) is 62.4 Å². The molecule has 1 aliphatic rings. The van der Waals surface area contributed by atoms with Gasteiger partial charge in [0.2, 0.25) is 0 Å². The predicted molar refractivity (Wildman–Crippen MR) is 106 cm³/mol. The second kappa shape index (κ2) is 9.48. The summed E-state index contributed by atoms with van der Waals surface area (Å²) in [5, 5.41) is 8.00. The number of nitrogens with one attached hydrogen (secondary N) is 1. The van der Waals surface area contributed by atoms with E-state index >= 15 is 0 Å². The highest BCUT2D eigenvalue weighted by Gasteiger charge is 2.20. The van der Waals surface area contributed by atoms with Gasteiger partial charge in [0.15, 0.2) is 12.3 Å². The van der Waals surface area contributed by atoms with Crippen LogP contribution in [0.2, 0.25) is 0 Å². The Hall–Kier alpha value is -2.70. The van der Waals surface area contributed by atoms with E-state index in [0.29, 0.717) is 23.7 Å². The van der Waals surface area contributed by atoms with Gasteiger partial charge in [0.05, 0.1) is 5.39 Å². The first-order valence-electron chi connectivity index (χ1n) is 10.1. The number of carbonyl (C=O) groups is 2.